The van der Waals surface area contributed by atoms with E-state index in [0.29, 0.717) is 0 Å². The molecule has 2 rings (SSSR count). The summed E-state index contributed by atoms with van der Waals surface area (Å²) in [4.78, 5) is 7.06. The van der Waals surface area contributed by atoms with Crippen LogP contribution in [-0.2, 0) is 6.54 Å². The van der Waals surface area contributed by atoms with Crippen LogP contribution in [0.25, 0.3) is 0 Å². The maximum atomic E-state index is 4.50. The molecule has 0 spiro atoms. The Morgan fingerprint density at radius 1 is 1.56 bits per heavy atom. The van der Waals surface area contributed by atoms with Crippen molar-refractivity contribution in [3.63, 3.8) is 0 Å². The van der Waals surface area contributed by atoms with E-state index in [0.717, 1.165) is 17.2 Å². The molecule has 1 aromatic heterocycles. The summed E-state index contributed by atoms with van der Waals surface area (Å²) >= 11 is 5.37. The molecule has 2 heterocycles. The van der Waals surface area contributed by atoms with Gasteiger partial charge in [-0.2, -0.15) is 11.8 Å². The molecule has 1 aliphatic rings. The molecule has 0 aliphatic carbocycles. The van der Waals surface area contributed by atoms with Gasteiger partial charge in [-0.05, 0) is 53.7 Å². The lowest BCUT2D eigenvalue weighted by Gasteiger charge is -2.23. The molecule has 16 heavy (non-hydrogen) atoms. The Hall–Kier alpha value is -0.0600. The van der Waals surface area contributed by atoms with E-state index in [-0.39, 0.29) is 0 Å². The molecule has 88 valence electrons. The standard InChI is InChI=1S/C12H17BrN2S/c1-16-9-11-5-3-7-15(11)8-10-4-2-6-12(13)14-10/h2,4,6,11H,3,5,7-9H2,1H3/t11-/m1/s1. The third-order valence-corrected chi connectivity index (χ3v) is 4.16. The van der Waals surface area contributed by atoms with E-state index in [1.54, 1.807) is 0 Å². The van der Waals surface area contributed by atoms with Crippen LogP contribution in [0.15, 0.2) is 22.8 Å². The van der Waals surface area contributed by atoms with Crippen molar-refractivity contribution in [2.75, 3.05) is 18.6 Å². The molecule has 0 unspecified atom stereocenters. The third-order valence-electron chi connectivity index (χ3n) is 3.00. The van der Waals surface area contributed by atoms with Crippen LogP contribution in [-0.4, -0.2) is 34.5 Å². The van der Waals surface area contributed by atoms with Crippen LogP contribution in [0.2, 0.25) is 0 Å². The van der Waals surface area contributed by atoms with E-state index >= 15 is 0 Å². The predicted octanol–water partition coefficient (Wildman–Crippen LogP) is 3.17. The van der Waals surface area contributed by atoms with Crippen LogP contribution in [0.5, 0.6) is 0 Å². The normalized spacial score (nSPS) is 21.5. The minimum atomic E-state index is 0.746. The van der Waals surface area contributed by atoms with Crippen LogP contribution in [0.3, 0.4) is 0 Å². The molecule has 0 N–H and O–H groups in total. The summed E-state index contributed by atoms with van der Waals surface area (Å²) in [6.07, 6.45) is 4.86. The zero-order valence-corrected chi connectivity index (χ0v) is 11.9. The number of pyridine rings is 1. The Bertz CT molecular complexity index is 346. The molecule has 1 aliphatic heterocycles. The highest BCUT2D eigenvalue weighted by molar-refractivity contribution is 9.10. The first kappa shape index (κ1) is 12.4. The lowest BCUT2D eigenvalue weighted by atomic mass is 10.2. The van der Waals surface area contributed by atoms with Gasteiger partial charge in [0.05, 0.1) is 5.69 Å². The molecule has 0 amide bonds. The fourth-order valence-corrected chi connectivity index (χ4v) is 3.37. The molecule has 4 heteroatoms. The summed E-state index contributed by atoms with van der Waals surface area (Å²) in [7, 11) is 0. The minimum Gasteiger partial charge on any atom is -0.294 e. The zero-order chi connectivity index (χ0) is 11.4. The van der Waals surface area contributed by atoms with Crippen molar-refractivity contribution in [1.82, 2.24) is 9.88 Å². The quantitative estimate of drug-likeness (QED) is 0.795. The summed E-state index contributed by atoms with van der Waals surface area (Å²) in [6, 6.07) is 6.90. The molecular formula is C12H17BrN2S. The molecule has 0 bridgehead atoms. The predicted molar refractivity (Wildman–Crippen MR) is 73.8 cm³/mol. The van der Waals surface area contributed by atoms with Crippen LogP contribution in [0, 0.1) is 0 Å². The first-order valence-electron chi connectivity index (χ1n) is 5.64. The zero-order valence-electron chi connectivity index (χ0n) is 9.53. The summed E-state index contributed by atoms with van der Waals surface area (Å²) in [5, 5.41) is 0. The van der Waals surface area contributed by atoms with E-state index in [9.17, 15) is 0 Å². The van der Waals surface area contributed by atoms with Crippen molar-refractivity contribution in [3.05, 3.63) is 28.5 Å². The fourth-order valence-electron chi connectivity index (χ4n) is 2.23. The number of aromatic nitrogens is 1. The second kappa shape index (κ2) is 6.03. The monoisotopic (exact) mass is 300 g/mol. The fraction of sp³-hybridized carbons (Fsp3) is 0.583. The van der Waals surface area contributed by atoms with Crippen molar-refractivity contribution < 1.29 is 0 Å². The highest BCUT2D eigenvalue weighted by Gasteiger charge is 2.23. The number of halogens is 1. The lowest BCUT2D eigenvalue weighted by Crippen LogP contribution is -2.31. The molecule has 1 aromatic rings. The SMILES string of the molecule is CSC[C@H]1CCCN1Cc1cccc(Br)n1. The van der Waals surface area contributed by atoms with Crippen molar-refractivity contribution in [1.29, 1.82) is 0 Å². The van der Waals surface area contributed by atoms with Crippen molar-refractivity contribution >= 4 is 27.7 Å². The van der Waals surface area contributed by atoms with Crippen LogP contribution in [0.1, 0.15) is 18.5 Å². The molecule has 0 radical (unpaired) electrons. The largest absolute Gasteiger partial charge is 0.294 e. The summed E-state index contributed by atoms with van der Waals surface area (Å²) in [6.45, 7) is 2.21. The van der Waals surface area contributed by atoms with E-state index in [1.807, 2.05) is 17.8 Å². The number of likely N-dealkylation sites (tertiary alicyclic amines) is 1. The van der Waals surface area contributed by atoms with Gasteiger partial charge in [0.15, 0.2) is 0 Å². The minimum absolute atomic E-state index is 0.746. The first-order chi connectivity index (χ1) is 7.79. The summed E-state index contributed by atoms with van der Waals surface area (Å²) in [5.74, 6) is 1.24. The highest BCUT2D eigenvalue weighted by Crippen LogP contribution is 2.22. The Balaban J connectivity index is 1.98. The molecule has 1 atom stereocenters. The molecule has 0 saturated carbocycles. The Labute approximate surface area is 110 Å². The number of hydrogen-bond acceptors (Lipinski definition) is 3. The van der Waals surface area contributed by atoms with Gasteiger partial charge >= 0.3 is 0 Å². The van der Waals surface area contributed by atoms with Gasteiger partial charge in [-0.25, -0.2) is 4.98 Å². The van der Waals surface area contributed by atoms with Gasteiger partial charge in [0.2, 0.25) is 0 Å². The van der Waals surface area contributed by atoms with Gasteiger partial charge in [-0.15, -0.1) is 0 Å². The summed E-state index contributed by atoms with van der Waals surface area (Å²) < 4.78 is 0.936. The van der Waals surface area contributed by atoms with E-state index in [4.69, 9.17) is 0 Å². The van der Waals surface area contributed by atoms with Gasteiger partial charge in [-0.3, -0.25) is 4.90 Å². The molecule has 0 aromatic carbocycles. The number of thioether (sulfide) groups is 1. The van der Waals surface area contributed by atoms with Crippen LogP contribution < -0.4 is 0 Å². The second-order valence-corrected chi connectivity index (χ2v) is 5.90. The van der Waals surface area contributed by atoms with Gasteiger partial charge in [0.1, 0.15) is 4.60 Å². The van der Waals surface area contributed by atoms with Crippen LogP contribution in [0.4, 0.5) is 0 Å². The molecule has 1 saturated heterocycles. The Morgan fingerprint density at radius 2 is 2.44 bits per heavy atom. The van der Waals surface area contributed by atoms with Gasteiger partial charge in [-0.1, -0.05) is 6.07 Å². The Morgan fingerprint density at radius 3 is 3.19 bits per heavy atom. The number of nitrogens with zero attached hydrogens (tertiary/aromatic N) is 2. The molecule has 2 nitrogen and oxygen atoms in total. The number of rotatable bonds is 4. The topological polar surface area (TPSA) is 16.1 Å². The van der Waals surface area contributed by atoms with Crippen molar-refractivity contribution in [3.8, 4) is 0 Å². The maximum absolute atomic E-state index is 4.50. The van der Waals surface area contributed by atoms with Crippen molar-refractivity contribution in [2.45, 2.75) is 25.4 Å². The third kappa shape index (κ3) is 3.22. The van der Waals surface area contributed by atoms with E-state index in [1.165, 1.54) is 30.8 Å². The van der Waals surface area contributed by atoms with E-state index < -0.39 is 0 Å². The smallest absolute Gasteiger partial charge is 0.106 e. The average Bonchev–Trinajstić information content (AvgIpc) is 2.66. The Kier molecular flexibility index (Phi) is 4.67. The maximum Gasteiger partial charge on any atom is 0.106 e. The number of hydrogen-bond donors (Lipinski definition) is 0. The van der Waals surface area contributed by atoms with Crippen LogP contribution >= 0.6 is 27.7 Å². The highest BCUT2D eigenvalue weighted by atomic mass is 79.9. The second-order valence-electron chi connectivity index (χ2n) is 4.17. The molecule has 1 fully saturated rings. The van der Waals surface area contributed by atoms with Gasteiger partial charge in [0.25, 0.3) is 0 Å². The summed E-state index contributed by atoms with van der Waals surface area (Å²) in [5.41, 5.74) is 1.17. The lowest BCUT2D eigenvalue weighted by molar-refractivity contribution is 0.261. The van der Waals surface area contributed by atoms with Crippen molar-refractivity contribution in [2.24, 2.45) is 0 Å². The first-order valence-corrected chi connectivity index (χ1v) is 7.82. The van der Waals surface area contributed by atoms with Gasteiger partial charge in [0, 0.05) is 18.3 Å². The van der Waals surface area contributed by atoms with Gasteiger partial charge < -0.3 is 0 Å². The molecular weight excluding hydrogens is 284 g/mol. The van der Waals surface area contributed by atoms with E-state index in [2.05, 4.69) is 44.2 Å². The average molecular weight is 301 g/mol.